The van der Waals surface area contributed by atoms with Gasteiger partial charge in [-0.1, -0.05) is 42.5 Å². The summed E-state index contributed by atoms with van der Waals surface area (Å²) in [5, 5.41) is 13.8. The number of carbonyl (C=O) groups excluding carboxylic acids is 2. The number of fused-ring (bicyclic) bond motifs is 1. The second-order valence-electron chi connectivity index (χ2n) is 5.66. The van der Waals surface area contributed by atoms with E-state index in [1.54, 1.807) is 0 Å². The zero-order valence-corrected chi connectivity index (χ0v) is 13.7. The van der Waals surface area contributed by atoms with Gasteiger partial charge in [-0.2, -0.15) is 0 Å². The Balaban J connectivity index is 2.29. The van der Waals surface area contributed by atoms with E-state index in [0.29, 0.717) is 0 Å². The van der Waals surface area contributed by atoms with Crippen LogP contribution in [0.3, 0.4) is 0 Å². The Hall–Kier alpha value is -2.89. The maximum atomic E-state index is 12.2. The highest BCUT2D eigenvalue weighted by atomic mass is 16.4. The van der Waals surface area contributed by atoms with Crippen molar-refractivity contribution in [3.63, 3.8) is 0 Å². The number of benzene rings is 2. The van der Waals surface area contributed by atoms with Crippen LogP contribution >= 0.6 is 0 Å². The number of nitrogens with one attached hydrogen (secondary N) is 1. The molecule has 2 N–H and O–H groups in total. The molecule has 0 unspecified atom stereocenters. The van der Waals surface area contributed by atoms with E-state index in [-0.39, 0.29) is 18.9 Å². The molecule has 0 aliphatic rings. The fourth-order valence-electron chi connectivity index (χ4n) is 2.53. The number of likely N-dealkylation sites (N-methyl/N-ethyl adjacent to an activating group) is 1. The fraction of sp³-hybridized carbons (Fsp3) is 0.278. The van der Waals surface area contributed by atoms with Gasteiger partial charge in [0.15, 0.2) is 0 Å². The highest BCUT2D eigenvalue weighted by molar-refractivity contribution is 5.88. The highest BCUT2D eigenvalue weighted by Crippen LogP contribution is 2.26. The molecule has 2 amide bonds. The van der Waals surface area contributed by atoms with Gasteiger partial charge in [-0.15, -0.1) is 0 Å². The van der Waals surface area contributed by atoms with Crippen LogP contribution in [0.1, 0.15) is 24.9 Å². The molecule has 0 bridgehead atoms. The summed E-state index contributed by atoms with van der Waals surface area (Å²) in [7, 11) is 1.52. The van der Waals surface area contributed by atoms with Crippen molar-refractivity contribution in [2.24, 2.45) is 0 Å². The molecule has 6 nitrogen and oxygen atoms in total. The molecule has 0 aromatic heterocycles. The molecule has 2 rings (SSSR count). The Morgan fingerprint density at radius 2 is 1.79 bits per heavy atom. The number of aliphatic carboxylic acids is 1. The Morgan fingerprint density at radius 3 is 2.46 bits per heavy atom. The summed E-state index contributed by atoms with van der Waals surface area (Å²) >= 11 is 0. The molecule has 1 atom stereocenters. The average molecular weight is 328 g/mol. The summed E-state index contributed by atoms with van der Waals surface area (Å²) in [6.45, 7) is 1.25. The first-order chi connectivity index (χ1) is 11.4. The third-order valence-electron chi connectivity index (χ3n) is 3.83. The monoisotopic (exact) mass is 328 g/mol. The molecular weight excluding hydrogens is 308 g/mol. The van der Waals surface area contributed by atoms with Crippen molar-refractivity contribution in [3.05, 3.63) is 48.0 Å². The van der Waals surface area contributed by atoms with Crippen LogP contribution in [0.25, 0.3) is 10.8 Å². The van der Waals surface area contributed by atoms with Gasteiger partial charge >= 0.3 is 5.97 Å². The lowest BCUT2D eigenvalue weighted by atomic mass is 9.96. The number of hydrogen-bond donors (Lipinski definition) is 2. The summed E-state index contributed by atoms with van der Waals surface area (Å²) in [6, 6.07) is 12.5. The molecule has 0 saturated carbocycles. The number of rotatable bonds is 6. The number of carboxylic acids is 1. The van der Waals surface area contributed by atoms with Crippen molar-refractivity contribution in [3.8, 4) is 0 Å². The van der Waals surface area contributed by atoms with Crippen LogP contribution in [-0.4, -0.2) is 41.4 Å². The standard InChI is InChI=1S/C18H20N2O4/c1-12(21)20(2)11-17(22)19-16(10-18(23)24)15-9-5-7-13-6-3-4-8-14(13)15/h3-9,16H,10-11H2,1-2H3,(H,19,22)(H,23,24)/t16-/m1/s1. The van der Waals surface area contributed by atoms with Crippen LogP contribution in [0.15, 0.2) is 42.5 Å². The average Bonchev–Trinajstić information content (AvgIpc) is 2.53. The second kappa shape index (κ2) is 7.59. The van der Waals surface area contributed by atoms with E-state index in [1.165, 1.54) is 18.9 Å². The highest BCUT2D eigenvalue weighted by Gasteiger charge is 2.21. The Morgan fingerprint density at radius 1 is 1.12 bits per heavy atom. The molecule has 6 heteroatoms. The lowest BCUT2D eigenvalue weighted by Crippen LogP contribution is -2.39. The summed E-state index contributed by atoms with van der Waals surface area (Å²) in [4.78, 5) is 35.9. The fourth-order valence-corrected chi connectivity index (χ4v) is 2.53. The zero-order chi connectivity index (χ0) is 17.7. The predicted octanol–water partition coefficient (Wildman–Crippen LogP) is 1.95. The number of amides is 2. The maximum Gasteiger partial charge on any atom is 0.305 e. The predicted molar refractivity (Wildman–Crippen MR) is 90.4 cm³/mol. The van der Waals surface area contributed by atoms with E-state index < -0.39 is 17.9 Å². The van der Waals surface area contributed by atoms with Gasteiger partial charge in [-0.25, -0.2) is 0 Å². The van der Waals surface area contributed by atoms with E-state index in [2.05, 4.69) is 5.32 Å². The summed E-state index contributed by atoms with van der Waals surface area (Å²) in [5.41, 5.74) is 0.745. The van der Waals surface area contributed by atoms with Gasteiger partial charge in [-0.05, 0) is 16.3 Å². The van der Waals surface area contributed by atoms with Gasteiger partial charge < -0.3 is 15.3 Å². The Kier molecular flexibility index (Phi) is 5.52. The topological polar surface area (TPSA) is 86.7 Å². The van der Waals surface area contributed by atoms with Gasteiger partial charge in [-0.3, -0.25) is 14.4 Å². The van der Waals surface area contributed by atoms with Crippen molar-refractivity contribution >= 4 is 28.6 Å². The minimum atomic E-state index is -1.01. The molecule has 0 spiro atoms. The molecule has 24 heavy (non-hydrogen) atoms. The first-order valence-electron chi connectivity index (χ1n) is 7.59. The third-order valence-corrected chi connectivity index (χ3v) is 3.83. The normalized spacial score (nSPS) is 11.8. The van der Waals surface area contributed by atoms with Gasteiger partial charge in [0.05, 0.1) is 19.0 Å². The van der Waals surface area contributed by atoms with Crippen molar-refractivity contribution in [1.29, 1.82) is 0 Å². The van der Waals surface area contributed by atoms with Gasteiger partial charge in [0.2, 0.25) is 11.8 Å². The van der Waals surface area contributed by atoms with Crippen LogP contribution in [-0.2, 0) is 14.4 Å². The lowest BCUT2D eigenvalue weighted by Gasteiger charge is -2.21. The Labute approximate surface area is 140 Å². The minimum Gasteiger partial charge on any atom is -0.481 e. The van der Waals surface area contributed by atoms with Crippen molar-refractivity contribution in [2.45, 2.75) is 19.4 Å². The van der Waals surface area contributed by atoms with E-state index in [0.717, 1.165) is 16.3 Å². The third kappa shape index (κ3) is 4.32. The van der Waals surface area contributed by atoms with Crippen molar-refractivity contribution < 1.29 is 19.5 Å². The van der Waals surface area contributed by atoms with Crippen LogP contribution in [0.2, 0.25) is 0 Å². The second-order valence-corrected chi connectivity index (χ2v) is 5.66. The van der Waals surface area contributed by atoms with Gasteiger partial charge in [0.25, 0.3) is 0 Å². The molecule has 0 radical (unpaired) electrons. The maximum absolute atomic E-state index is 12.2. The number of hydrogen-bond acceptors (Lipinski definition) is 3. The lowest BCUT2D eigenvalue weighted by molar-refractivity contribution is -0.138. The van der Waals surface area contributed by atoms with E-state index >= 15 is 0 Å². The zero-order valence-electron chi connectivity index (χ0n) is 13.7. The molecule has 0 aliphatic heterocycles. The number of carboxylic acid groups (broad SMARTS) is 1. The minimum absolute atomic E-state index is 0.115. The van der Waals surface area contributed by atoms with Crippen LogP contribution in [0.5, 0.6) is 0 Å². The molecule has 0 heterocycles. The first-order valence-corrected chi connectivity index (χ1v) is 7.59. The molecule has 0 saturated heterocycles. The smallest absolute Gasteiger partial charge is 0.305 e. The molecule has 2 aromatic carbocycles. The van der Waals surface area contributed by atoms with Crippen LogP contribution < -0.4 is 5.32 Å². The van der Waals surface area contributed by atoms with E-state index in [9.17, 15) is 19.5 Å². The largest absolute Gasteiger partial charge is 0.481 e. The summed E-state index contributed by atoms with van der Waals surface area (Å²) < 4.78 is 0. The molecule has 0 aliphatic carbocycles. The number of nitrogens with zero attached hydrogens (tertiary/aromatic N) is 1. The van der Waals surface area contributed by atoms with Crippen molar-refractivity contribution in [1.82, 2.24) is 10.2 Å². The quantitative estimate of drug-likeness (QED) is 0.848. The van der Waals surface area contributed by atoms with E-state index in [1.807, 2.05) is 42.5 Å². The van der Waals surface area contributed by atoms with E-state index in [4.69, 9.17) is 0 Å². The summed E-state index contributed by atoms with van der Waals surface area (Å²) in [5.74, 6) is -1.63. The molecule has 2 aromatic rings. The molecule has 126 valence electrons. The summed E-state index contributed by atoms with van der Waals surface area (Å²) in [6.07, 6.45) is -0.233. The SMILES string of the molecule is CC(=O)N(C)CC(=O)N[C@H](CC(=O)O)c1cccc2ccccc12. The van der Waals surface area contributed by atoms with Crippen LogP contribution in [0, 0.1) is 0 Å². The van der Waals surface area contributed by atoms with Gasteiger partial charge in [0.1, 0.15) is 0 Å². The van der Waals surface area contributed by atoms with Gasteiger partial charge in [0, 0.05) is 14.0 Å². The molecular formula is C18H20N2O4. The van der Waals surface area contributed by atoms with Crippen LogP contribution in [0.4, 0.5) is 0 Å². The Bertz CT molecular complexity index is 767. The molecule has 0 fully saturated rings. The van der Waals surface area contributed by atoms with Crippen molar-refractivity contribution in [2.75, 3.05) is 13.6 Å². The first kappa shape index (κ1) is 17.5. The number of carbonyl (C=O) groups is 3.